The third-order valence-corrected chi connectivity index (χ3v) is 10.3. The minimum Gasteiger partial charge on any atom is -0.456 e. The second kappa shape index (κ2) is 10.7. The van der Waals surface area contributed by atoms with Gasteiger partial charge in [-0.2, -0.15) is 0 Å². The smallest absolute Gasteiger partial charge is 0.227 e. The molecule has 0 aliphatic carbocycles. The average molecular weight is 635 g/mol. The van der Waals surface area contributed by atoms with Gasteiger partial charge in [0.1, 0.15) is 16.7 Å². The largest absolute Gasteiger partial charge is 0.456 e. The summed E-state index contributed by atoms with van der Waals surface area (Å²) in [6, 6.07) is 54.9. The summed E-state index contributed by atoms with van der Waals surface area (Å²) < 4.78 is 15.2. The van der Waals surface area contributed by atoms with Crippen molar-refractivity contribution in [1.29, 1.82) is 0 Å². The predicted molar refractivity (Wildman–Crippen MR) is 200 cm³/mol. The maximum atomic E-state index is 6.60. The maximum absolute atomic E-state index is 6.60. The first-order valence-corrected chi connectivity index (χ1v) is 16.8. The first kappa shape index (κ1) is 27.0. The Balaban J connectivity index is 1.29. The van der Waals surface area contributed by atoms with Crippen molar-refractivity contribution >= 4 is 81.6 Å². The number of rotatable bonds is 5. The van der Waals surface area contributed by atoms with Gasteiger partial charge in [0.2, 0.25) is 5.89 Å². The predicted octanol–water partition coefficient (Wildman–Crippen LogP) is 12.9. The van der Waals surface area contributed by atoms with Gasteiger partial charge in [-0.15, -0.1) is 11.3 Å². The first-order chi connectivity index (χ1) is 23.8. The molecule has 4 nitrogen and oxygen atoms in total. The number of aromatic nitrogens is 1. The molecule has 0 saturated heterocycles. The van der Waals surface area contributed by atoms with Gasteiger partial charge in [-0.25, -0.2) is 4.98 Å². The van der Waals surface area contributed by atoms with E-state index in [1.165, 1.54) is 15.6 Å². The van der Waals surface area contributed by atoms with Crippen LogP contribution in [0.2, 0.25) is 0 Å². The quantitative estimate of drug-likeness (QED) is 0.189. The molecule has 0 amide bonds. The monoisotopic (exact) mass is 634 g/mol. The molecule has 0 fully saturated rings. The van der Waals surface area contributed by atoms with E-state index in [1.54, 1.807) is 11.3 Å². The van der Waals surface area contributed by atoms with Crippen LogP contribution in [0.1, 0.15) is 0 Å². The number of fused-ring (bicyclic) bond motifs is 8. The fourth-order valence-electron chi connectivity index (χ4n) is 6.87. The van der Waals surface area contributed by atoms with Crippen LogP contribution in [0.5, 0.6) is 0 Å². The van der Waals surface area contributed by atoms with Crippen molar-refractivity contribution in [3.05, 3.63) is 158 Å². The molecule has 48 heavy (non-hydrogen) atoms. The van der Waals surface area contributed by atoms with Gasteiger partial charge in [0.15, 0.2) is 5.58 Å². The SMILES string of the molecule is c1ccc(-c2cccc(N(c3ccc4oc5ccccc5c4c3)c3cc4oc(-c5ccccc5)nc4c4c3sc3ccccc34)c2)cc1. The molecule has 7 aromatic carbocycles. The van der Waals surface area contributed by atoms with E-state index in [0.29, 0.717) is 5.89 Å². The van der Waals surface area contributed by atoms with Crippen molar-refractivity contribution in [2.45, 2.75) is 0 Å². The van der Waals surface area contributed by atoms with Gasteiger partial charge >= 0.3 is 0 Å². The molecule has 0 saturated carbocycles. The van der Waals surface area contributed by atoms with Crippen molar-refractivity contribution in [2.24, 2.45) is 0 Å². The number of hydrogen-bond acceptors (Lipinski definition) is 5. The summed E-state index contributed by atoms with van der Waals surface area (Å²) in [6.45, 7) is 0. The Morgan fingerprint density at radius 3 is 2.02 bits per heavy atom. The Morgan fingerprint density at radius 2 is 1.17 bits per heavy atom. The van der Waals surface area contributed by atoms with Gasteiger partial charge in [0.05, 0.1) is 10.4 Å². The molecule has 3 aromatic heterocycles. The topological polar surface area (TPSA) is 42.4 Å². The van der Waals surface area contributed by atoms with Crippen LogP contribution in [0.25, 0.3) is 75.8 Å². The minimum atomic E-state index is 0.614. The number of nitrogens with zero attached hydrogens (tertiary/aromatic N) is 2. The fourth-order valence-corrected chi connectivity index (χ4v) is 8.08. The van der Waals surface area contributed by atoms with Crippen molar-refractivity contribution in [3.63, 3.8) is 0 Å². The lowest BCUT2D eigenvalue weighted by Gasteiger charge is -2.26. The standard InChI is InChI=1S/C43H26N2O2S/c1-3-12-27(13-4-1)29-16-11-17-30(24-29)45(31-22-23-37-34(25-31)32-18-7-9-20-36(32)46-37)35-26-38-41(44-43(47-38)28-14-5-2-6-15-28)40-33-19-8-10-21-39(33)48-42(35)40/h1-26H. The van der Waals surface area contributed by atoms with Gasteiger partial charge < -0.3 is 13.7 Å². The Bertz CT molecular complexity index is 2790. The van der Waals surface area contributed by atoms with E-state index in [1.807, 2.05) is 42.5 Å². The van der Waals surface area contributed by atoms with E-state index in [0.717, 1.165) is 71.3 Å². The molecular formula is C43H26N2O2S. The molecule has 0 unspecified atom stereocenters. The summed E-state index contributed by atoms with van der Waals surface area (Å²) in [7, 11) is 0. The molecule has 0 spiro atoms. The zero-order valence-electron chi connectivity index (χ0n) is 25.6. The minimum absolute atomic E-state index is 0.614. The number of hydrogen-bond donors (Lipinski definition) is 0. The van der Waals surface area contributed by atoms with Gasteiger partial charge in [0, 0.05) is 49.2 Å². The van der Waals surface area contributed by atoms with E-state index in [4.69, 9.17) is 13.8 Å². The molecule has 0 radical (unpaired) electrons. The van der Waals surface area contributed by atoms with E-state index >= 15 is 0 Å². The highest BCUT2D eigenvalue weighted by atomic mass is 32.1. The van der Waals surface area contributed by atoms with E-state index in [9.17, 15) is 0 Å². The van der Waals surface area contributed by atoms with E-state index in [-0.39, 0.29) is 0 Å². The average Bonchev–Trinajstić information content (AvgIpc) is 3.86. The highest BCUT2D eigenvalue weighted by Gasteiger charge is 2.24. The zero-order chi connectivity index (χ0) is 31.6. The van der Waals surface area contributed by atoms with Gasteiger partial charge in [-0.1, -0.05) is 97.1 Å². The summed E-state index contributed by atoms with van der Waals surface area (Å²) in [5, 5.41) is 4.45. The van der Waals surface area contributed by atoms with Crippen molar-refractivity contribution in [2.75, 3.05) is 4.90 Å². The van der Waals surface area contributed by atoms with Crippen LogP contribution in [-0.4, -0.2) is 4.98 Å². The summed E-state index contributed by atoms with van der Waals surface area (Å²) >= 11 is 1.79. The molecule has 3 heterocycles. The highest BCUT2D eigenvalue weighted by molar-refractivity contribution is 7.26. The van der Waals surface area contributed by atoms with Crippen LogP contribution in [0.3, 0.4) is 0 Å². The van der Waals surface area contributed by atoms with Crippen LogP contribution in [0, 0.1) is 0 Å². The van der Waals surface area contributed by atoms with E-state index in [2.05, 4.69) is 120 Å². The van der Waals surface area contributed by atoms with Crippen LogP contribution in [0.15, 0.2) is 167 Å². The third kappa shape index (κ3) is 4.25. The lowest BCUT2D eigenvalue weighted by molar-refractivity contribution is 0.620. The van der Waals surface area contributed by atoms with Gasteiger partial charge in [0.25, 0.3) is 0 Å². The normalized spacial score (nSPS) is 11.8. The molecule has 5 heteroatoms. The van der Waals surface area contributed by atoms with Crippen molar-refractivity contribution in [1.82, 2.24) is 4.98 Å². The summed E-state index contributed by atoms with van der Waals surface area (Å²) in [5.74, 6) is 0.614. The third-order valence-electron chi connectivity index (χ3n) is 9.08. The Labute approximate surface area is 279 Å². The Kier molecular flexibility index (Phi) is 6.01. The van der Waals surface area contributed by atoms with Crippen LogP contribution < -0.4 is 4.90 Å². The second-order valence-electron chi connectivity index (χ2n) is 12.0. The Hall–Kier alpha value is -6.17. The lowest BCUT2D eigenvalue weighted by atomic mass is 10.0. The van der Waals surface area contributed by atoms with Crippen molar-refractivity contribution in [3.8, 4) is 22.6 Å². The van der Waals surface area contributed by atoms with Gasteiger partial charge in [-0.3, -0.25) is 0 Å². The molecule has 0 N–H and O–H groups in total. The molecule has 0 aliphatic heterocycles. The number of furan rings is 1. The molecule has 226 valence electrons. The number of anilines is 3. The van der Waals surface area contributed by atoms with Crippen molar-refractivity contribution < 1.29 is 8.83 Å². The fraction of sp³-hybridized carbons (Fsp3) is 0. The zero-order valence-corrected chi connectivity index (χ0v) is 26.4. The van der Waals surface area contributed by atoms with Crippen LogP contribution in [-0.2, 0) is 0 Å². The molecule has 0 bridgehead atoms. The Morgan fingerprint density at radius 1 is 0.479 bits per heavy atom. The molecular weight excluding hydrogens is 609 g/mol. The maximum Gasteiger partial charge on any atom is 0.227 e. The summed E-state index contributed by atoms with van der Waals surface area (Å²) in [4.78, 5) is 7.47. The highest BCUT2D eigenvalue weighted by Crippen LogP contribution is 2.49. The number of oxazole rings is 1. The number of thiophene rings is 1. The molecule has 10 aromatic rings. The summed E-state index contributed by atoms with van der Waals surface area (Å²) in [5.41, 5.74) is 9.74. The molecule has 0 aliphatic rings. The second-order valence-corrected chi connectivity index (χ2v) is 13.0. The number of benzene rings is 7. The first-order valence-electron chi connectivity index (χ1n) is 16.0. The molecule has 0 atom stereocenters. The van der Waals surface area contributed by atoms with Gasteiger partial charge in [-0.05, 0) is 65.7 Å². The van der Waals surface area contributed by atoms with E-state index < -0.39 is 0 Å². The van der Waals surface area contributed by atoms with Crippen LogP contribution >= 0.6 is 11.3 Å². The summed E-state index contributed by atoms with van der Waals surface area (Å²) in [6.07, 6.45) is 0. The number of para-hydroxylation sites is 1. The molecule has 10 rings (SSSR count). The lowest BCUT2D eigenvalue weighted by Crippen LogP contribution is -2.10. The van der Waals surface area contributed by atoms with Crippen LogP contribution in [0.4, 0.5) is 17.1 Å².